The van der Waals surface area contributed by atoms with Crippen molar-refractivity contribution in [2.24, 2.45) is 5.92 Å². The summed E-state index contributed by atoms with van der Waals surface area (Å²) in [7, 11) is 0. The van der Waals surface area contributed by atoms with E-state index in [9.17, 15) is 10.2 Å². The third-order valence-electron chi connectivity index (χ3n) is 3.11. The molecule has 0 amide bonds. The van der Waals surface area contributed by atoms with Gasteiger partial charge in [0.25, 0.3) is 0 Å². The van der Waals surface area contributed by atoms with E-state index in [1.165, 1.54) is 0 Å². The number of aliphatic hydroxyl groups is 2. The van der Waals surface area contributed by atoms with Gasteiger partial charge >= 0.3 is 0 Å². The standard InChI is InChI=1S/C13H18ClNO2/c14-11-5-3-10(4-6-11)13(17)8-15-7-12(16)9-1-2-9/h3-6,9,12-13,15-17H,1-2,7-8H2. The van der Waals surface area contributed by atoms with Gasteiger partial charge in [-0.25, -0.2) is 0 Å². The monoisotopic (exact) mass is 255 g/mol. The van der Waals surface area contributed by atoms with E-state index in [0.29, 0.717) is 24.0 Å². The molecule has 1 aliphatic carbocycles. The van der Waals surface area contributed by atoms with Crippen molar-refractivity contribution < 1.29 is 10.2 Å². The number of rotatable bonds is 6. The summed E-state index contributed by atoms with van der Waals surface area (Å²) >= 11 is 5.77. The smallest absolute Gasteiger partial charge is 0.0914 e. The first-order valence-corrected chi connectivity index (χ1v) is 6.37. The zero-order chi connectivity index (χ0) is 12.3. The highest BCUT2D eigenvalue weighted by molar-refractivity contribution is 6.30. The molecule has 0 aromatic heterocycles. The maximum absolute atomic E-state index is 9.89. The summed E-state index contributed by atoms with van der Waals surface area (Å²) in [4.78, 5) is 0. The molecule has 2 atom stereocenters. The lowest BCUT2D eigenvalue weighted by molar-refractivity contribution is 0.132. The maximum Gasteiger partial charge on any atom is 0.0914 e. The Morgan fingerprint density at radius 3 is 2.41 bits per heavy atom. The summed E-state index contributed by atoms with van der Waals surface area (Å²) in [6, 6.07) is 7.15. The molecule has 0 bridgehead atoms. The van der Waals surface area contributed by atoms with E-state index in [1.807, 2.05) is 12.1 Å². The van der Waals surface area contributed by atoms with Crippen molar-refractivity contribution in [3.8, 4) is 0 Å². The molecule has 2 unspecified atom stereocenters. The number of halogens is 1. The quantitative estimate of drug-likeness (QED) is 0.726. The van der Waals surface area contributed by atoms with E-state index in [0.717, 1.165) is 18.4 Å². The summed E-state index contributed by atoms with van der Waals surface area (Å²) in [5.74, 6) is 0.468. The average Bonchev–Trinajstić information content (AvgIpc) is 3.13. The molecule has 1 saturated carbocycles. The Bertz CT molecular complexity index is 351. The van der Waals surface area contributed by atoms with Crippen LogP contribution < -0.4 is 5.32 Å². The summed E-state index contributed by atoms with van der Waals surface area (Å²) in [6.45, 7) is 1.00. The van der Waals surface area contributed by atoms with Crippen LogP contribution in [0.25, 0.3) is 0 Å². The highest BCUT2D eigenvalue weighted by Gasteiger charge is 2.29. The predicted molar refractivity (Wildman–Crippen MR) is 68.0 cm³/mol. The predicted octanol–water partition coefficient (Wildman–Crippen LogP) is 1.73. The second-order valence-electron chi connectivity index (χ2n) is 4.63. The van der Waals surface area contributed by atoms with Crippen molar-refractivity contribution >= 4 is 11.6 Å². The van der Waals surface area contributed by atoms with Crippen LogP contribution in [0.15, 0.2) is 24.3 Å². The van der Waals surface area contributed by atoms with Crippen LogP contribution in [0, 0.1) is 5.92 Å². The van der Waals surface area contributed by atoms with Gasteiger partial charge in [-0.05, 0) is 36.5 Å². The Kier molecular flexibility index (Phi) is 4.40. The Hall–Kier alpha value is -0.610. The van der Waals surface area contributed by atoms with Crippen LogP contribution in [0.2, 0.25) is 5.02 Å². The topological polar surface area (TPSA) is 52.5 Å². The molecule has 4 heteroatoms. The van der Waals surface area contributed by atoms with Gasteiger partial charge in [0, 0.05) is 18.1 Å². The van der Waals surface area contributed by atoms with Crippen LogP contribution in [0.1, 0.15) is 24.5 Å². The molecule has 0 radical (unpaired) electrons. The van der Waals surface area contributed by atoms with Gasteiger partial charge in [-0.15, -0.1) is 0 Å². The van der Waals surface area contributed by atoms with Crippen molar-refractivity contribution in [3.05, 3.63) is 34.9 Å². The number of benzene rings is 1. The van der Waals surface area contributed by atoms with E-state index in [2.05, 4.69) is 5.32 Å². The number of nitrogens with one attached hydrogen (secondary N) is 1. The van der Waals surface area contributed by atoms with Crippen molar-refractivity contribution in [1.82, 2.24) is 5.32 Å². The SMILES string of the molecule is OC(CNCC(O)C1CC1)c1ccc(Cl)cc1. The fourth-order valence-electron chi connectivity index (χ4n) is 1.82. The Morgan fingerprint density at radius 1 is 1.18 bits per heavy atom. The van der Waals surface area contributed by atoms with Crippen LogP contribution in [0.4, 0.5) is 0 Å². The Balaban J connectivity index is 1.72. The minimum atomic E-state index is -0.557. The molecular weight excluding hydrogens is 238 g/mol. The molecule has 0 aliphatic heterocycles. The van der Waals surface area contributed by atoms with E-state index < -0.39 is 6.10 Å². The van der Waals surface area contributed by atoms with Crippen molar-refractivity contribution in [3.63, 3.8) is 0 Å². The second kappa shape index (κ2) is 5.83. The molecule has 94 valence electrons. The summed E-state index contributed by atoms with van der Waals surface area (Å²) in [5, 5.41) is 23.3. The average molecular weight is 256 g/mol. The number of hydrogen-bond donors (Lipinski definition) is 3. The van der Waals surface area contributed by atoms with Gasteiger partial charge < -0.3 is 15.5 Å². The second-order valence-corrected chi connectivity index (χ2v) is 5.07. The first-order valence-electron chi connectivity index (χ1n) is 5.99. The molecule has 1 aromatic rings. The lowest BCUT2D eigenvalue weighted by Crippen LogP contribution is -2.31. The van der Waals surface area contributed by atoms with Crippen molar-refractivity contribution in [2.75, 3.05) is 13.1 Å². The van der Waals surface area contributed by atoms with E-state index in [4.69, 9.17) is 11.6 Å². The highest BCUT2D eigenvalue weighted by atomic mass is 35.5. The fourth-order valence-corrected chi connectivity index (χ4v) is 1.94. The zero-order valence-corrected chi connectivity index (χ0v) is 10.4. The molecule has 1 aliphatic rings. The van der Waals surface area contributed by atoms with Gasteiger partial charge in [-0.3, -0.25) is 0 Å². The molecule has 1 aromatic carbocycles. The first kappa shape index (κ1) is 12.8. The lowest BCUT2D eigenvalue weighted by Gasteiger charge is -2.14. The fraction of sp³-hybridized carbons (Fsp3) is 0.538. The minimum absolute atomic E-state index is 0.271. The van der Waals surface area contributed by atoms with Gasteiger partial charge in [-0.2, -0.15) is 0 Å². The van der Waals surface area contributed by atoms with Crippen LogP contribution in [0.3, 0.4) is 0 Å². The van der Waals surface area contributed by atoms with Gasteiger partial charge in [-0.1, -0.05) is 23.7 Å². The molecule has 1 fully saturated rings. The summed E-state index contributed by atoms with van der Waals surface area (Å²) < 4.78 is 0. The number of aliphatic hydroxyl groups excluding tert-OH is 2. The summed E-state index contributed by atoms with van der Waals surface area (Å²) in [6.07, 6.45) is 1.43. The van der Waals surface area contributed by atoms with Gasteiger partial charge in [0.2, 0.25) is 0 Å². The van der Waals surface area contributed by atoms with Crippen LogP contribution in [0.5, 0.6) is 0 Å². The molecular formula is C13H18ClNO2. The van der Waals surface area contributed by atoms with Gasteiger partial charge in [0.1, 0.15) is 0 Å². The Morgan fingerprint density at radius 2 is 1.82 bits per heavy atom. The van der Waals surface area contributed by atoms with Gasteiger partial charge in [0.15, 0.2) is 0 Å². The molecule has 0 spiro atoms. The molecule has 3 nitrogen and oxygen atoms in total. The van der Waals surface area contributed by atoms with Crippen LogP contribution in [-0.2, 0) is 0 Å². The highest BCUT2D eigenvalue weighted by Crippen LogP contribution is 2.32. The van der Waals surface area contributed by atoms with Crippen LogP contribution in [-0.4, -0.2) is 29.4 Å². The first-order chi connectivity index (χ1) is 8.16. The molecule has 17 heavy (non-hydrogen) atoms. The molecule has 0 saturated heterocycles. The third-order valence-corrected chi connectivity index (χ3v) is 3.36. The molecule has 3 N–H and O–H groups in total. The van der Waals surface area contributed by atoms with E-state index in [1.54, 1.807) is 12.1 Å². The van der Waals surface area contributed by atoms with Crippen molar-refractivity contribution in [1.29, 1.82) is 0 Å². The van der Waals surface area contributed by atoms with Crippen molar-refractivity contribution in [2.45, 2.75) is 25.0 Å². The summed E-state index contributed by atoms with van der Waals surface area (Å²) in [5.41, 5.74) is 0.836. The van der Waals surface area contributed by atoms with Gasteiger partial charge in [0.05, 0.1) is 12.2 Å². The normalized spacial score (nSPS) is 19.0. The Labute approximate surface area is 106 Å². The minimum Gasteiger partial charge on any atom is -0.392 e. The third kappa shape index (κ3) is 3.96. The molecule has 0 heterocycles. The zero-order valence-electron chi connectivity index (χ0n) is 9.64. The van der Waals surface area contributed by atoms with E-state index in [-0.39, 0.29) is 6.10 Å². The van der Waals surface area contributed by atoms with E-state index >= 15 is 0 Å². The largest absolute Gasteiger partial charge is 0.392 e. The number of hydrogen-bond acceptors (Lipinski definition) is 3. The molecule has 2 rings (SSSR count). The van der Waals surface area contributed by atoms with Crippen LogP contribution >= 0.6 is 11.6 Å². The lowest BCUT2D eigenvalue weighted by atomic mass is 10.1. The maximum atomic E-state index is 9.89.